The fourth-order valence-electron chi connectivity index (χ4n) is 2.02. The van der Waals surface area contributed by atoms with E-state index in [9.17, 15) is 0 Å². The number of hydrogen-bond acceptors (Lipinski definition) is 1. The molecule has 1 atom stereocenters. The first kappa shape index (κ1) is 10.5. The molecular formula is C10H19BN2. The summed E-state index contributed by atoms with van der Waals surface area (Å²) in [6.07, 6.45) is 3.74. The third-order valence-corrected chi connectivity index (χ3v) is 2.69. The van der Waals surface area contributed by atoms with E-state index < -0.39 is 0 Å². The molecule has 0 amide bonds. The average molecular weight is 178 g/mol. The van der Waals surface area contributed by atoms with Crippen molar-refractivity contribution in [3.05, 3.63) is 11.4 Å². The molecule has 0 bridgehead atoms. The van der Waals surface area contributed by atoms with E-state index in [0.29, 0.717) is 5.92 Å². The van der Waals surface area contributed by atoms with Crippen LogP contribution in [0.4, 0.5) is 0 Å². The van der Waals surface area contributed by atoms with Crippen LogP contribution in [0.1, 0.15) is 50.4 Å². The van der Waals surface area contributed by atoms with Gasteiger partial charge in [-0.15, -0.1) is 0 Å². The predicted octanol–water partition coefficient (Wildman–Crippen LogP) is 2.36. The van der Waals surface area contributed by atoms with Crippen LogP contribution in [0.2, 0.25) is 0 Å². The number of aryl methyl sites for hydroxylation is 2. The van der Waals surface area contributed by atoms with Gasteiger partial charge in [0.05, 0.1) is 0 Å². The van der Waals surface area contributed by atoms with Gasteiger partial charge in [-0.3, -0.25) is 0 Å². The second kappa shape index (κ2) is 4.59. The molecular weight excluding hydrogens is 159 g/mol. The first-order chi connectivity index (χ1) is 6.20. The summed E-state index contributed by atoms with van der Waals surface area (Å²) in [6.45, 7) is 6.61. The Balaban J connectivity index is 2.89. The van der Waals surface area contributed by atoms with Crippen LogP contribution in [0.15, 0.2) is 0 Å². The summed E-state index contributed by atoms with van der Waals surface area (Å²) in [5.74, 6) is 0.692. The van der Waals surface area contributed by atoms with Crippen molar-refractivity contribution < 1.29 is 0 Å². The Bertz CT molecular complexity index is 248. The van der Waals surface area contributed by atoms with E-state index in [1.807, 2.05) is 7.19 Å². The number of rotatable bonds is 4. The predicted molar refractivity (Wildman–Crippen MR) is 57.2 cm³/mol. The zero-order valence-corrected chi connectivity index (χ0v) is 9.17. The molecule has 0 radical (unpaired) electrons. The van der Waals surface area contributed by atoms with Crippen molar-refractivity contribution >= 4 is 7.19 Å². The summed E-state index contributed by atoms with van der Waals surface area (Å²) >= 11 is 0. The van der Waals surface area contributed by atoms with E-state index in [0.717, 1.165) is 0 Å². The van der Waals surface area contributed by atoms with Gasteiger partial charge in [-0.05, 0) is 0 Å². The molecule has 72 valence electrons. The second-order valence-corrected chi connectivity index (χ2v) is 3.72. The van der Waals surface area contributed by atoms with Crippen LogP contribution in [-0.2, 0) is 7.05 Å². The Morgan fingerprint density at radius 3 is 2.54 bits per heavy atom. The van der Waals surface area contributed by atoms with Gasteiger partial charge in [0.15, 0.2) is 0 Å². The molecule has 1 unspecified atom stereocenters. The molecule has 0 fully saturated rings. The quantitative estimate of drug-likeness (QED) is 0.691. The Labute approximate surface area is 81.6 Å². The molecule has 2 nitrogen and oxygen atoms in total. The maximum atomic E-state index is 4.33. The molecule has 0 aliphatic rings. The zero-order valence-electron chi connectivity index (χ0n) is 9.17. The molecule has 3 heteroatoms. The number of nitrogens with zero attached hydrogens (tertiary/aromatic N) is 2. The molecule has 0 spiro atoms. The summed E-state index contributed by atoms with van der Waals surface area (Å²) < 4.78 is 2.17. The summed E-state index contributed by atoms with van der Waals surface area (Å²) in [7, 11) is 4.01. The van der Waals surface area contributed by atoms with Gasteiger partial charge in [-0.2, -0.15) is 0 Å². The standard InChI is InChI=1S/C10H19BN2/c1-5-7-9(6-2)10-8(3)12-11-13(10)4/h9H,5-7H2,1-4H3. The van der Waals surface area contributed by atoms with E-state index in [2.05, 4.69) is 37.2 Å². The van der Waals surface area contributed by atoms with E-state index in [4.69, 9.17) is 0 Å². The van der Waals surface area contributed by atoms with Gasteiger partial charge in [0.25, 0.3) is 0 Å². The van der Waals surface area contributed by atoms with E-state index in [1.54, 1.807) is 0 Å². The van der Waals surface area contributed by atoms with Crippen molar-refractivity contribution in [1.82, 2.24) is 9.37 Å². The van der Waals surface area contributed by atoms with E-state index >= 15 is 0 Å². The molecule has 1 aromatic rings. The molecule has 0 saturated heterocycles. The Kier molecular flexibility index (Phi) is 3.70. The van der Waals surface area contributed by atoms with Crippen LogP contribution in [0, 0.1) is 6.92 Å². The fraction of sp³-hybridized carbons (Fsp3) is 0.800. The summed E-state index contributed by atoms with van der Waals surface area (Å²) in [4.78, 5) is 4.33. The average Bonchev–Trinajstić information content (AvgIpc) is 2.43. The molecule has 0 aromatic carbocycles. The SMILES string of the molecule is CCCC(CC)c1c(C)nbn1C. The van der Waals surface area contributed by atoms with Crippen molar-refractivity contribution in [3.8, 4) is 0 Å². The molecule has 1 heterocycles. The van der Waals surface area contributed by atoms with Gasteiger partial charge in [0, 0.05) is 0 Å². The van der Waals surface area contributed by atoms with Crippen LogP contribution in [0.3, 0.4) is 0 Å². The van der Waals surface area contributed by atoms with Crippen LogP contribution < -0.4 is 0 Å². The van der Waals surface area contributed by atoms with Crippen molar-refractivity contribution in [1.29, 1.82) is 0 Å². The maximum absolute atomic E-state index is 4.33. The number of hydrogen-bond donors (Lipinski definition) is 0. The van der Waals surface area contributed by atoms with Gasteiger partial charge in [-0.25, -0.2) is 0 Å². The van der Waals surface area contributed by atoms with Gasteiger partial charge in [0.1, 0.15) is 0 Å². The van der Waals surface area contributed by atoms with Crippen molar-refractivity contribution in [2.75, 3.05) is 0 Å². The minimum atomic E-state index is 0.692. The Morgan fingerprint density at radius 2 is 2.15 bits per heavy atom. The molecule has 1 aromatic heterocycles. The molecule has 0 aliphatic heterocycles. The number of aromatic nitrogens is 2. The van der Waals surface area contributed by atoms with Gasteiger partial charge in [-0.1, -0.05) is 0 Å². The minimum absolute atomic E-state index is 0.692. The Hall–Kier alpha value is -0.595. The topological polar surface area (TPSA) is 17.8 Å². The van der Waals surface area contributed by atoms with Crippen molar-refractivity contribution in [3.63, 3.8) is 0 Å². The molecule has 1 rings (SSSR count). The van der Waals surface area contributed by atoms with E-state index in [1.165, 1.54) is 30.7 Å². The van der Waals surface area contributed by atoms with Crippen LogP contribution >= 0.6 is 0 Å². The molecule has 0 aliphatic carbocycles. The molecule has 0 N–H and O–H groups in total. The van der Waals surface area contributed by atoms with Gasteiger partial charge >= 0.3 is 80.9 Å². The fourth-order valence-corrected chi connectivity index (χ4v) is 2.02. The monoisotopic (exact) mass is 178 g/mol. The first-order valence-electron chi connectivity index (χ1n) is 5.18. The Morgan fingerprint density at radius 1 is 1.46 bits per heavy atom. The summed E-state index contributed by atoms with van der Waals surface area (Å²) in [5.41, 5.74) is 2.62. The van der Waals surface area contributed by atoms with Gasteiger partial charge in [0.2, 0.25) is 0 Å². The summed E-state index contributed by atoms with van der Waals surface area (Å²) in [5, 5.41) is 0. The normalized spacial score (nSPS) is 12.9. The zero-order chi connectivity index (χ0) is 9.84. The van der Waals surface area contributed by atoms with Crippen LogP contribution in [-0.4, -0.2) is 16.6 Å². The van der Waals surface area contributed by atoms with Crippen molar-refractivity contribution in [2.45, 2.75) is 46.0 Å². The molecule has 0 saturated carbocycles. The second-order valence-electron chi connectivity index (χ2n) is 3.72. The van der Waals surface area contributed by atoms with Crippen LogP contribution in [0.25, 0.3) is 0 Å². The van der Waals surface area contributed by atoms with Crippen LogP contribution in [0.5, 0.6) is 0 Å². The third kappa shape index (κ3) is 2.20. The first-order valence-corrected chi connectivity index (χ1v) is 5.18. The third-order valence-electron chi connectivity index (χ3n) is 2.69. The summed E-state index contributed by atoms with van der Waals surface area (Å²) in [6, 6.07) is 0. The van der Waals surface area contributed by atoms with E-state index in [-0.39, 0.29) is 0 Å². The van der Waals surface area contributed by atoms with Crippen molar-refractivity contribution in [2.24, 2.45) is 7.05 Å². The van der Waals surface area contributed by atoms with Gasteiger partial charge < -0.3 is 0 Å². The molecule has 13 heavy (non-hydrogen) atoms.